The molecule has 2 heteroatoms. The molecule has 0 aromatic heterocycles. The summed E-state index contributed by atoms with van der Waals surface area (Å²) >= 11 is 0. The molecule has 2 nitrogen and oxygen atoms in total. The molecule has 4 aliphatic rings. The zero-order chi connectivity index (χ0) is 43.5. The van der Waals surface area contributed by atoms with E-state index in [2.05, 4.69) is 266 Å². The van der Waals surface area contributed by atoms with Crippen molar-refractivity contribution >= 4 is 22.6 Å². The molecule has 3 aliphatic carbocycles. The first-order chi connectivity index (χ1) is 32.0. The van der Waals surface area contributed by atoms with Crippen LogP contribution in [0.1, 0.15) is 57.9 Å². The van der Waals surface area contributed by atoms with Crippen molar-refractivity contribution < 1.29 is 0 Å². The summed E-state index contributed by atoms with van der Waals surface area (Å²) in [5, 5.41) is 0. The minimum Gasteiger partial charge on any atom is -0.340 e. The number of hydrogen-bond donors (Lipinski definition) is 0. The Morgan fingerprint density at radius 1 is 0.492 bits per heavy atom. The van der Waals surface area contributed by atoms with Crippen molar-refractivity contribution in [1.82, 2.24) is 0 Å². The van der Waals surface area contributed by atoms with Crippen molar-refractivity contribution in [2.45, 2.75) is 30.2 Å². The zero-order valence-electron chi connectivity index (χ0n) is 36.5. The fraction of sp³-hybridized carbons (Fsp3) is 0.0794. The summed E-state index contributed by atoms with van der Waals surface area (Å²) < 4.78 is 0. The Morgan fingerprint density at radius 3 is 1.72 bits per heavy atom. The van der Waals surface area contributed by atoms with E-state index in [0.29, 0.717) is 0 Å². The minimum absolute atomic E-state index is 0.0644. The van der Waals surface area contributed by atoms with Crippen LogP contribution < -0.4 is 9.80 Å². The predicted octanol–water partition coefficient (Wildman–Crippen LogP) is 15.3. The molecule has 2 atom stereocenters. The van der Waals surface area contributed by atoms with Gasteiger partial charge in [0, 0.05) is 46.4 Å². The first kappa shape index (κ1) is 38.7. The highest BCUT2D eigenvalue weighted by molar-refractivity contribution is 5.89. The Kier molecular flexibility index (Phi) is 9.17. The van der Waals surface area contributed by atoms with Crippen LogP contribution in [0.4, 0.5) is 17.1 Å². The van der Waals surface area contributed by atoms with Gasteiger partial charge in [-0.25, -0.2) is 0 Å². The molecule has 0 fully saturated rings. The topological polar surface area (TPSA) is 6.48 Å². The Morgan fingerprint density at radius 2 is 1.03 bits per heavy atom. The molecule has 310 valence electrons. The van der Waals surface area contributed by atoms with Gasteiger partial charge in [-0.05, 0) is 116 Å². The lowest BCUT2D eigenvalue weighted by Gasteiger charge is -2.37. The van der Waals surface area contributed by atoms with Crippen LogP contribution in [-0.2, 0) is 10.8 Å². The third kappa shape index (κ3) is 5.94. The standard InChI is InChI=1S/C63H48N2/c1-44-20-17-18-41-64(61-34-16-12-27-52(44)61)49-25-19-26-50(42-49)65(51-39-40-56-53-28-9-13-31-57(53)62(2,60(56)43-51)45-21-5-3-6-22-45)48-37-35-47(36-38-48)63(46-23-7-4-8-24-46)58-32-14-10-29-54(58)55-30-11-15-33-59(55)63/h3-41,43,49H,1,42H2,2H3/b20-17-,41-18-. The van der Waals surface area contributed by atoms with Gasteiger partial charge >= 0.3 is 0 Å². The lowest BCUT2D eigenvalue weighted by molar-refractivity contribution is 0.712. The Balaban J connectivity index is 1.03. The number of benzene rings is 8. The average molecular weight is 833 g/mol. The molecule has 0 saturated heterocycles. The molecule has 1 heterocycles. The molecule has 1 aliphatic heterocycles. The van der Waals surface area contributed by atoms with Crippen molar-refractivity contribution in [3.8, 4) is 22.3 Å². The summed E-state index contributed by atoms with van der Waals surface area (Å²) in [6.45, 7) is 6.84. The highest BCUT2D eigenvalue weighted by Crippen LogP contribution is 2.57. The van der Waals surface area contributed by atoms with Gasteiger partial charge in [0.2, 0.25) is 0 Å². The van der Waals surface area contributed by atoms with Crippen LogP contribution in [0.15, 0.2) is 255 Å². The number of para-hydroxylation sites is 1. The van der Waals surface area contributed by atoms with Crippen molar-refractivity contribution in [2.24, 2.45) is 0 Å². The maximum atomic E-state index is 4.44. The van der Waals surface area contributed by atoms with E-state index in [0.717, 1.165) is 34.6 Å². The highest BCUT2D eigenvalue weighted by Gasteiger charge is 2.46. The van der Waals surface area contributed by atoms with Crippen LogP contribution in [0.5, 0.6) is 0 Å². The summed E-state index contributed by atoms with van der Waals surface area (Å²) in [7, 11) is 0. The maximum Gasteiger partial charge on any atom is 0.0713 e. The predicted molar refractivity (Wildman–Crippen MR) is 272 cm³/mol. The Bertz CT molecular complexity index is 3230. The summed E-state index contributed by atoms with van der Waals surface area (Å²) in [4.78, 5) is 4.93. The molecule has 0 saturated carbocycles. The quantitative estimate of drug-likeness (QED) is 0.158. The van der Waals surface area contributed by atoms with Gasteiger partial charge in [0.1, 0.15) is 0 Å². The Hall–Kier alpha value is -7.94. The summed E-state index contributed by atoms with van der Waals surface area (Å²) in [6.07, 6.45) is 16.2. The highest BCUT2D eigenvalue weighted by atomic mass is 15.2. The molecule has 8 aromatic carbocycles. The lowest BCUT2D eigenvalue weighted by atomic mass is 9.67. The third-order valence-corrected chi connectivity index (χ3v) is 14.5. The number of anilines is 3. The van der Waals surface area contributed by atoms with Crippen LogP contribution >= 0.6 is 0 Å². The second kappa shape index (κ2) is 15.4. The summed E-state index contributed by atoms with van der Waals surface area (Å²) in [6, 6.07) is 74.4. The van der Waals surface area contributed by atoms with E-state index in [1.807, 2.05) is 0 Å². The van der Waals surface area contributed by atoms with Gasteiger partial charge in [-0.1, -0.05) is 201 Å². The number of allylic oxidation sites excluding steroid dienone is 6. The summed E-state index contributed by atoms with van der Waals surface area (Å²) in [5.41, 5.74) is 20.3. The number of hydrogen-bond acceptors (Lipinski definition) is 2. The minimum atomic E-state index is -0.476. The van der Waals surface area contributed by atoms with E-state index in [4.69, 9.17) is 0 Å². The van der Waals surface area contributed by atoms with Gasteiger partial charge in [0.25, 0.3) is 0 Å². The van der Waals surface area contributed by atoms with Gasteiger partial charge in [-0.15, -0.1) is 0 Å². The van der Waals surface area contributed by atoms with Crippen molar-refractivity contribution in [1.29, 1.82) is 0 Å². The second-order valence-corrected chi connectivity index (χ2v) is 17.8. The van der Waals surface area contributed by atoms with E-state index in [9.17, 15) is 0 Å². The molecule has 8 aromatic rings. The van der Waals surface area contributed by atoms with Crippen molar-refractivity contribution in [3.05, 3.63) is 300 Å². The SMILES string of the molecule is C=C1/C=C\C=C/N(C2C=CC=C(N(c3ccc(C4(c5ccccc5)c5ccccc5-c5ccccc54)cc3)c3ccc4c(c3)C(C)(c3ccccc3)c3ccccc3-4)C2)c2ccccc21. The summed E-state index contributed by atoms with van der Waals surface area (Å²) in [5.74, 6) is 0. The molecule has 0 amide bonds. The maximum absolute atomic E-state index is 4.44. The van der Waals surface area contributed by atoms with Gasteiger partial charge < -0.3 is 9.80 Å². The van der Waals surface area contributed by atoms with Crippen LogP contribution in [0.25, 0.3) is 27.8 Å². The molecule has 2 unspecified atom stereocenters. The average Bonchev–Trinajstić information content (AvgIpc) is 3.81. The molecular weight excluding hydrogens is 785 g/mol. The molecule has 12 rings (SSSR count). The first-order valence-corrected chi connectivity index (χ1v) is 22.8. The van der Waals surface area contributed by atoms with E-state index in [1.165, 1.54) is 66.9 Å². The fourth-order valence-corrected chi connectivity index (χ4v) is 11.5. The molecule has 0 radical (unpaired) electrons. The molecule has 65 heavy (non-hydrogen) atoms. The van der Waals surface area contributed by atoms with Gasteiger partial charge in [0.05, 0.1) is 11.5 Å². The van der Waals surface area contributed by atoms with Crippen LogP contribution in [-0.4, -0.2) is 6.04 Å². The van der Waals surface area contributed by atoms with E-state index < -0.39 is 5.41 Å². The zero-order valence-corrected chi connectivity index (χ0v) is 36.5. The van der Waals surface area contributed by atoms with E-state index >= 15 is 0 Å². The Labute approximate surface area is 382 Å². The van der Waals surface area contributed by atoms with E-state index in [1.54, 1.807) is 0 Å². The van der Waals surface area contributed by atoms with Crippen LogP contribution in [0.2, 0.25) is 0 Å². The largest absolute Gasteiger partial charge is 0.340 e. The van der Waals surface area contributed by atoms with Gasteiger partial charge in [0.15, 0.2) is 0 Å². The normalized spacial score (nSPS) is 19.4. The van der Waals surface area contributed by atoms with Crippen molar-refractivity contribution in [2.75, 3.05) is 9.80 Å². The third-order valence-electron chi connectivity index (χ3n) is 14.5. The number of rotatable bonds is 7. The van der Waals surface area contributed by atoms with Crippen molar-refractivity contribution in [3.63, 3.8) is 0 Å². The van der Waals surface area contributed by atoms with Crippen LogP contribution in [0.3, 0.4) is 0 Å². The first-order valence-electron chi connectivity index (χ1n) is 22.8. The molecule has 0 bridgehead atoms. The smallest absolute Gasteiger partial charge is 0.0713 e. The fourth-order valence-electron chi connectivity index (χ4n) is 11.5. The molecule has 0 N–H and O–H groups in total. The van der Waals surface area contributed by atoms with Gasteiger partial charge in [-0.2, -0.15) is 0 Å². The van der Waals surface area contributed by atoms with E-state index in [-0.39, 0.29) is 11.5 Å². The monoisotopic (exact) mass is 832 g/mol. The molecular formula is C63H48N2. The lowest BCUT2D eigenvalue weighted by Crippen LogP contribution is -2.34. The number of fused-ring (bicyclic) bond motifs is 7. The number of nitrogens with zero attached hydrogens (tertiary/aromatic N) is 2. The van der Waals surface area contributed by atoms with Gasteiger partial charge in [-0.3, -0.25) is 0 Å². The molecule has 0 spiro atoms. The second-order valence-electron chi connectivity index (χ2n) is 17.8. The van der Waals surface area contributed by atoms with Crippen LogP contribution in [0, 0.1) is 0 Å².